The molecule has 2 N–H and O–H groups in total. The first-order valence-electron chi connectivity index (χ1n) is 8.05. The molecule has 1 amide bonds. The molecule has 5 heteroatoms. The van der Waals surface area contributed by atoms with Crippen LogP contribution in [0.5, 0.6) is 5.75 Å². The average molecular weight is 328 g/mol. The largest absolute Gasteiger partial charge is 0.489 e. The van der Waals surface area contributed by atoms with Gasteiger partial charge in [0.15, 0.2) is 0 Å². The Morgan fingerprint density at radius 1 is 1.17 bits per heavy atom. The van der Waals surface area contributed by atoms with Crippen LogP contribution in [0.1, 0.15) is 17.5 Å². The van der Waals surface area contributed by atoms with Crippen LogP contribution in [0.15, 0.2) is 54.6 Å². The Labute approximate surface area is 141 Å². The second kappa shape index (κ2) is 7.45. The van der Waals surface area contributed by atoms with E-state index in [1.165, 1.54) is 0 Å². The lowest BCUT2D eigenvalue weighted by Crippen LogP contribution is -2.39. The predicted octanol–water partition coefficient (Wildman–Crippen LogP) is 2.66. The molecule has 3 rings (SSSR count). The van der Waals surface area contributed by atoms with Crippen molar-refractivity contribution in [2.45, 2.75) is 31.8 Å². The number of halogens is 1. The van der Waals surface area contributed by atoms with Crippen LogP contribution in [0.2, 0.25) is 0 Å². The van der Waals surface area contributed by atoms with Crippen LogP contribution >= 0.6 is 0 Å². The van der Waals surface area contributed by atoms with E-state index in [-0.39, 0.29) is 13.0 Å². The van der Waals surface area contributed by atoms with Crippen LogP contribution in [-0.2, 0) is 17.9 Å². The highest BCUT2D eigenvalue weighted by atomic mass is 19.1. The van der Waals surface area contributed by atoms with Crippen molar-refractivity contribution in [1.82, 2.24) is 4.90 Å². The number of primary amides is 1. The van der Waals surface area contributed by atoms with Gasteiger partial charge >= 0.3 is 0 Å². The van der Waals surface area contributed by atoms with E-state index in [1.807, 2.05) is 54.6 Å². The summed E-state index contributed by atoms with van der Waals surface area (Å²) in [5, 5.41) is 0. The zero-order valence-electron chi connectivity index (χ0n) is 13.4. The van der Waals surface area contributed by atoms with E-state index < -0.39 is 18.1 Å². The van der Waals surface area contributed by atoms with Crippen LogP contribution in [0.4, 0.5) is 4.39 Å². The van der Waals surface area contributed by atoms with Crippen molar-refractivity contribution in [3.05, 3.63) is 65.7 Å². The Bertz CT molecular complexity index is 693. The van der Waals surface area contributed by atoms with Crippen molar-refractivity contribution in [3.63, 3.8) is 0 Å². The Hall–Kier alpha value is -2.40. The molecule has 0 aromatic heterocycles. The highest BCUT2D eigenvalue weighted by molar-refractivity contribution is 5.80. The van der Waals surface area contributed by atoms with Gasteiger partial charge in [-0.15, -0.1) is 0 Å². The smallest absolute Gasteiger partial charge is 0.234 e. The number of alkyl halides is 1. The summed E-state index contributed by atoms with van der Waals surface area (Å²) < 4.78 is 19.4. The van der Waals surface area contributed by atoms with Crippen molar-refractivity contribution in [1.29, 1.82) is 0 Å². The van der Waals surface area contributed by atoms with Gasteiger partial charge in [-0.3, -0.25) is 9.69 Å². The van der Waals surface area contributed by atoms with Gasteiger partial charge in [-0.2, -0.15) is 0 Å². The summed E-state index contributed by atoms with van der Waals surface area (Å²) in [5.41, 5.74) is 7.44. The first-order chi connectivity index (χ1) is 11.6. The molecule has 0 saturated carbocycles. The third-order valence-electron chi connectivity index (χ3n) is 4.21. The fourth-order valence-electron chi connectivity index (χ4n) is 3.03. The average Bonchev–Trinajstić information content (AvgIpc) is 2.95. The van der Waals surface area contributed by atoms with Crippen LogP contribution < -0.4 is 10.5 Å². The number of hydrogen-bond donors (Lipinski definition) is 1. The summed E-state index contributed by atoms with van der Waals surface area (Å²) in [4.78, 5) is 13.3. The number of likely N-dealkylation sites (tertiary alicyclic amines) is 1. The molecule has 1 aliphatic rings. The van der Waals surface area contributed by atoms with Gasteiger partial charge in [0.25, 0.3) is 0 Å². The molecular formula is C19H21FN2O2. The summed E-state index contributed by atoms with van der Waals surface area (Å²) >= 11 is 0. The Morgan fingerprint density at radius 3 is 2.67 bits per heavy atom. The van der Waals surface area contributed by atoms with Crippen LogP contribution in [0.3, 0.4) is 0 Å². The predicted molar refractivity (Wildman–Crippen MR) is 90.1 cm³/mol. The summed E-state index contributed by atoms with van der Waals surface area (Å²) in [6.07, 6.45) is -0.820. The minimum atomic E-state index is -1.000. The third kappa shape index (κ3) is 4.11. The van der Waals surface area contributed by atoms with Crippen molar-refractivity contribution < 1.29 is 13.9 Å². The highest BCUT2D eigenvalue weighted by Crippen LogP contribution is 2.24. The lowest BCUT2D eigenvalue weighted by atomic mass is 10.1. The number of nitrogens with zero attached hydrogens (tertiary/aromatic N) is 1. The number of rotatable bonds is 6. The molecule has 0 unspecified atom stereocenters. The maximum absolute atomic E-state index is 13.6. The molecule has 2 aromatic carbocycles. The van der Waals surface area contributed by atoms with Crippen LogP contribution in [0, 0.1) is 0 Å². The molecule has 1 saturated heterocycles. The number of nitrogens with two attached hydrogens (primary N) is 1. The molecule has 4 nitrogen and oxygen atoms in total. The van der Waals surface area contributed by atoms with Gasteiger partial charge in [-0.05, 0) is 23.3 Å². The van der Waals surface area contributed by atoms with Crippen LogP contribution in [0.25, 0.3) is 0 Å². The summed E-state index contributed by atoms with van der Waals surface area (Å²) in [5.74, 6) is 0.287. The molecule has 2 atom stereocenters. The van der Waals surface area contributed by atoms with Crippen molar-refractivity contribution in [2.75, 3.05) is 6.54 Å². The molecule has 2 aromatic rings. The molecule has 0 radical (unpaired) electrons. The van der Waals surface area contributed by atoms with Crippen LogP contribution in [-0.4, -0.2) is 29.6 Å². The Kier molecular flexibility index (Phi) is 5.11. The van der Waals surface area contributed by atoms with E-state index in [4.69, 9.17) is 10.5 Å². The molecule has 0 aliphatic carbocycles. The lowest BCUT2D eigenvalue weighted by molar-refractivity contribution is -0.122. The lowest BCUT2D eigenvalue weighted by Gasteiger charge is -2.21. The maximum Gasteiger partial charge on any atom is 0.234 e. The van der Waals surface area contributed by atoms with E-state index in [2.05, 4.69) is 0 Å². The van der Waals surface area contributed by atoms with Gasteiger partial charge in [0, 0.05) is 19.5 Å². The van der Waals surface area contributed by atoms with E-state index >= 15 is 0 Å². The van der Waals surface area contributed by atoms with E-state index in [0.29, 0.717) is 13.2 Å². The standard InChI is InChI=1S/C19H21FN2O2/c20-16-10-18(19(21)23)22(12-16)11-15-7-4-8-17(9-15)24-13-14-5-2-1-3-6-14/h1-9,16,18H,10-13H2,(H2,21,23)/t16-,18+/m1/s1. The zero-order chi connectivity index (χ0) is 16.9. The third-order valence-corrected chi connectivity index (χ3v) is 4.21. The fourth-order valence-corrected chi connectivity index (χ4v) is 3.03. The highest BCUT2D eigenvalue weighted by Gasteiger charge is 2.35. The molecular weight excluding hydrogens is 307 g/mol. The van der Waals surface area contributed by atoms with Gasteiger partial charge in [0.2, 0.25) is 5.91 Å². The number of ether oxygens (including phenoxy) is 1. The first-order valence-corrected chi connectivity index (χ1v) is 8.05. The second-order valence-corrected chi connectivity index (χ2v) is 6.10. The van der Waals surface area contributed by atoms with E-state index in [9.17, 15) is 9.18 Å². The topological polar surface area (TPSA) is 55.6 Å². The number of hydrogen-bond acceptors (Lipinski definition) is 3. The van der Waals surface area contributed by atoms with E-state index in [1.54, 1.807) is 4.90 Å². The van der Waals surface area contributed by atoms with E-state index in [0.717, 1.165) is 16.9 Å². The quantitative estimate of drug-likeness (QED) is 0.887. The number of benzene rings is 2. The molecule has 1 heterocycles. The maximum atomic E-state index is 13.6. The number of amides is 1. The normalized spacial score (nSPS) is 20.9. The molecule has 24 heavy (non-hydrogen) atoms. The van der Waals surface area contributed by atoms with Gasteiger partial charge in [0.1, 0.15) is 18.5 Å². The summed E-state index contributed by atoms with van der Waals surface area (Å²) in [6.45, 7) is 1.21. The number of carbonyl (C=O) groups is 1. The van der Waals surface area contributed by atoms with Gasteiger partial charge in [0.05, 0.1) is 6.04 Å². The SMILES string of the molecule is NC(=O)[C@@H]1C[C@@H](F)CN1Cc1cccc(OCc2ccccc2)c1. The zero-order valence-corrected chi connectivity index (χ0v) is 13.4. The van der Waals surface area contributed by atoms with Crippen molar-refractivity contribution in [3.8, 4) is 5.75 Å². The Balaban J connectivity index is 1.63. The summed E-state index contributed by atoms with van der Waals surface area (Å²) in [7, 11) is 0. The molecule has 1 aliphatic heterocycles. The molecule has 0 bridgehead atoms. The van der Waals surface area contributed by atoms with Gasteiger partial charge in [-0.25, -0.2) is 4.39 Å². The minimum Gasteiger partial charge on any atom is -0.489 e. The Morgan fingerprint density at radius 2 is 1.92 bits per heavy atom. The fraction of sp³-hybridized carbons (Fsp3) is 0.316. The second-order valence-electron chi connectivity index (χ2n) is 6.10. The first kappa shape index (κ1) is 16.5. The van der Waals surface area contributed by atoms with Gasteiger partial charge in [-0.1, -0.05) is 42.5 Å². The monoisotopic (exact) mass is 328 g/mol. The van der Waals surface area contributed by atoms with Crippen molar-refractivity contribution in [2.24, 2.45) is 5.73 Å². The van der Waals surface area contributed by atoms with Crippen molar-refractivity contribution >= 4 is 5.91 Å². The summed E-state index contributed by atoms with van der Waals surface area (Å²) in [6, 6.07) is 17.0. The molecule has 126 valence electrons. The molecule has 1 fully saturated rings. The molecule has 0 spiro atoms. The number of carbonyl (C=O) groups excluding carboxylic acids is 1. The minimum absolute atomic E-state index is 0.180. The van der Waals surface area contributed by atoms with Gasteiger partial charge < -0.3 is 10.5 Å².